The van der Waals surface area contributed by atoms with Crippen LogP contribution >= 0.6 is 15.9 Å². The molecule has 0 saturated carbocycles. The Morgan fingerprint density at radius 3 is 2.53 bits per heavy atom. The monoisotopic (exact) mass is 342 g/mol. The van der Waals surface area contributed by atoms with Gasteiger partial charge in [-0.05, 0) is 40.5 Å². The molecule has 1 aromatic heterocycles. The van der Waals surface area contributed by atoms with Crippen LogP contribution in [-0.4, -0.2) is 18.4 Å². The van der Waals surface area contributed by atoms with E-state index in [4.69, 9.17) is 5.73 Å². The van der Waals surface area contributed by atoms with Crippen molar-refractivity contribution in [1.29, 1.82) is 0 Å². The summed E-state index contributed by atoms with van der Waals surface area (Å²) in [6.07, 6.45) is 2.32. The standard InChI is InChI=1S/C11H11BrN4O2S/c1-7-2-3-9(12)10(4-7)16-19(17,18)8-5-14-11(13)15-6-8/h2-6,16H,1H3,(H2,13,14,15). The van der Waals surface area contributed by atoms with E-state index in [1.165, 1.54) is 0 Å². The number of aromatic nitrogens is 2. The number of nitrogens with two attached hydrogens (primary N) is 1. The van der Waals surface area contributed by atoms with Crippen molar-refractivity contribution < 1.29 is 8.42 Å². The Bertz CT molecular complexity index is 701. The first kappa shape index (κ1) is 13.8. The predicted molar refractivity (Wildman–Crippen MR) is 76.1 cm³/mol. The Morgan fingerprint density at radius 1 is 1.26 bits per heavy atom. The highest BCUT2D eigenvalue weighted by molar-refractivity contribution is 9.10. The van der Waals surface area contributed by atoms with Crippen molar-refractivity contribution in [1.82, 2.24) is 9.97 Å². The van der Waals surface area contributed by atoms with E-state index in [2.05, 4.69) is 30.6 Å². The van der Waals surface area contributed by atoms with Crippen LogP contribution in [0.3, 0.4) is 0 Å². The molecule has 0 aliphatic carbocycles. The Morgan fingerprint density at radius 2 is 1.89 bits per heavy atom. The summed E-state index contributed by atoms with van der Waals surface area (Å²) < 4.78 is 27.4. The third-order valence-electron chi connectivity index (χ3n) is 2.32. The van der Waals surface area contributed by atoms with E-state index >= 15 is 0 Å². The van der Waals surface area contributed by atoms with Crippen molar-refractivity contribution in [2.24, 2.45) is 0 Å². The SMILES string of the molecule is Cc1ccc(Br)c(NS(=O)(=O)c2cnc(N)nc2)c1. The van der Waals surface area contributed by atoms with E-state index in [0.29, 0.717) is 10.2 Å². The average molecular weight is 343 g/mol. The predicted octanol–water partition coefficient (Wildman–Crippen LogP) is 1.93. The van der Waals surface area contributed by atoms with E-state index in [1.807, 2.05) is 13.0 Å². The van der Waals surface area contributed by atoms with Crippen LogP contribution in [0, 0.1) is 6.92 Å². The molecule has 0 aliphatic rings. The maximum absolute atomic E-state index is 12.1. The van der Waals surface area contributed by atoms with E-state index < -0.39 is 10.0 Å². The molecule has 1 aromatic carbocycles. The van der Waals surface area contributed by atoms with Gasteiger partial charge in [-0.2, -0.15) is 0 Å². The number of nitrogen functional groups attached to an aromatic ring is 1. The van der Waals surface area contributed by atoms with Gasteiger partial charge in [0.25, 0.3) is 10.0 Å². The van der Waals surface area contributed by atoms with Gasteiger partial charge in [0.05, 0.1) is 18.1 Å². The van der Waals surface area contributed by atoms with Crippen molar-refractivity contribution in [3.63, 3.8) is 0 Å². The number of benzene rings is 1. The average Bonchev–Trinajstić information content (AvgIpc) is 2.34. The second kappa shape index (κ2) is 5.14. The zero-order valence-electron chi connectivity index (χ0n) is 9.96. The number of hydrogen-bond acceptors (Lipinski definition) is 5. The molecule has 0 bridgehead atoms. The van der Waals surface area contributed by atoms with Crippen molar-refractivity contribution >= 4 is 37.6 Å². The number of nitrogens with zero attached hydrogens (tertiary/aromatic N) is 2. The summed E-state index contributed by atoms with van der Waals surface area (Å²) in [6.45, 7) is 1.87. The molecule has 100 valence electrons. The van der Waals surface area contributed by atoms with E-state index in [0.717, 1.165) is 18.0 Å². The summed E-state index contributed by atoms with van der Waals surface area (Å²) in [6, 6.07) is 5.36. The third kappa shape index (κ3) is 3.21. The van der Waals surface area contributed by atoms with E-state index in [1.54, 1.807) is 12.1 Å². The molecule has 6 nitrogen and oxygen atoms in total. The number of nitrogens with one attached hydrogen (secondary N) is 1. The summed E-state index contributed by atoms with van der Waals surface area (Å²) in [7, 11) is -3.73. The normalized spacial score (nSPS) is 11.3. The number of sulfonamides is 1. The fraction of sp³-hybridized carbons (Fsp3) is 0.0909. The Balaban J connectivity index is 2.36. The lowest BCUT2D eigenvalue weighted by Gasteiger charge is -2.10. The summed E-state index contributed by atoms with van der Waals surface area (Å²) in [5, 5.41) is 0. The molecule has 0 saturated heterocycles. The number of aryl methyl sites for hydroxylation is 1. The lowest BCUT2D eigenvalue weighted by atomic mass is 10.2. The van der Waals surface area contributed by atoms with Gasteiger partial charge in [-0.1, -0.05) is 6.07 Å². The van der Waals surface area contributed by atoms with Crippen LogP contribution in [0.15, 0.2) is 40.0 Å². The van der Waals surface area contributed by atoms with Gasteiger partial charge in [-0.3, -0.25) is 4.72 Å². The van der Waals surface area contributed by atoms with Gasteiger partial charge in [0.1, 0.15) is 4.90 Å². The molecule has 0 radical (unpaired) electrons. The molecule has 0 atom stereocenters. The van der Waals surface area contributed by atoms with Gasteiger partial charge in [-0.15, -0.1) is 0 Å². The molecule has 2 rings (SSSR count). The molecule has 2 aromatic rings. The number of rotatable bonds is 3. The Hall–Kier alpha value is -1.67. The molecule has 0 unspecified atom stereocenters. The first-order valence-corrected chi connectivity index (χ1v) is 7.52. The maximum atomic E-state index is 12.1. The fourth-order valence-electron chi connectivity index (χ4n) is 1.39. The highest BCUT2D eigenvalue weighted by atomic mass is 79.9. The van der Waals surface area contributed by atoms with Crippen LogP contribution < -0.4 is 10.5 Å². The molecule has 1 heterocycles. The van der Waals surface area contributed by atoms with Crippen molar-refractivity contribution in [3.8, 4) is 0 Å². The van der Waals surface area contributed by atoms with Gasteiger partial charge in [0.2, 0.25) is 5.95 Å². The zero-order chi connectivity index (χ0) is 14.0. The molecule has 0 fully saturated rings. The molecule has 0 amide bonds. The summed E-state index contributed by atoms with van der Waals surface area (Å²) in [5.74, 6) is 0.0238. The topological polar surface area (TPSA) is 98.0 Å². The minimum Gasteiger partial charge on any atom is -0.368 e. The second-order valence-electron chi connectivity index (χ2n) is 3.87. The van der Waals surface area contributed by atoms with Crippen LogP contribution in [0.25, 0.3) is 0 Å². The first-order chi connectivity index (χ1) is 8.88. The number of hydrogen-bond donors (Lipinski definition) is 2. The van der Waals surface area contributed by atoms with Crippen LogP contribution in [0.1, 0.15) is 5.56 Å². The first-order valence-electron chi connectivity index (χ1n) is 5.25. The Labute approximate surface area is 119 Å². The van der Waals surface area contributed by atoms with Crippen molar-refractivity contribution in [3.05, 3.63) is 40.6 Å². The smallest absolute Gasteiger partial charge is 0.265 e. The van der Waals surface area contributed by atoms with Gasteiger partial charge in [0.15, 0.2) is 0 Å². The molecule has 0 spiro atoms. The maximum Gasteiger partial charge on any atom is 0.265 e. The molecular weight excluding hydrogens is 332 g/mol. The Kier molecular flexibility index (Phi) is 3.72. The van der Waals surface area contributed by atoms with Crippen LogP contribution in [0.4, 0.5) is 11.6 Å². The number of halogens is 1. The lowest BCUT2D eigenvalue weighted by Crippen LogP contribution is -2.14. The summed E-state index contributed by atoms with van der Waals surface area (Å²) in [5.41, 5.74) is 6.72. The van der Waals surface area contributed by atoms with E-state index in [-0.39, 0.29) is 10.8 Å². The summed E-state index contributed by atoms with van der Waals surface area (Å²) >= 11 is 3.29. The lowest BCUT2D eigenvalue weighted by molar-refractivity contribution is 0.600. The van der Waals surface area contributed by atoms with Crippen LogP contribution in [0.5, 0.6) is 0 Å². The van der Waals surface area contributed by atoms with Gasteiger partial charge in [0, 0.05) is 4.47 Å². The van der Waals surface area contributed by atoms with Gasteiger partial charge >= 0.3 is 0 Å². The molecule has 3 N–H and O–H groups in total. The quantitative estimate of drug-likeness (QED) is 0.887. The number of anilines is 2. The van der Waals surface area contributed by atoms with Gasteiger partial charge in [-0.25, -0.2) is 18.4 Å². The van der Waals surface area contributed by atoms with Gasteiger partial charge < -0.3 is 5.73 Å². The molecular formula is C11H11BrN4O2S. The molecule has 0 aliphatic heterocycles. The molecule has 8 heteroatoms. The zero-order valence-corrected chi connectivity index (χ0v) is 12.4. The van der Waals surface area contributed by atoms with Crippen LogP contribution in [0.2, 0.25) is 0 Å². The highest BCUT2D eigenvalue weighted by Crippen LogP contribution is 2.25. The van der Waals surface area contributed by atoms with E-state index in [9.17, 15) is 8.42 Å². The third-order valence-corrected chi connectivity index (χ3v) is 4.34. The van der Waals surface area contributed by atoms with Crippen molar-refractivity contribution in [2.75, 3.05) is 10.5 Å². The highest BCUT2D eigenvalue weighted by Gasteiger charge is 2.16. The minimum absolute atomic E-state index is 0.0238. The second-order valence-corrected chi connectivity index (χ2v) is 6.40. The minimum atomic E-state index is -3.73. The van der Waals surface area contributed by atoms with Crippen molar-refractivity contribution in [2.45, 2.75) is 11.8 Å². The summed E-state index contributed by atoms with van der Waals surface area (Å²) in [4.78, 5) is 7.28. The van der Waals surface area contributed by atoms with Crippen LogP contribution in [-0.2, 0) is 10.0 Å². The fourth-order valence-corrected chi connectivity index (χ4v) is 2.82. The molecule has 19 heavy (non-hydrogen) atoms. The largest absolute Gasteiger partial charge is 0.368 e.